The number of piperidine rings is 1. The summed E-state index contributed by atoms with van der Waals surface area (Å²) < 4.78 is 18.7. The number of amides is 1. The van der Waals surface area contributed by atoms with Crippen LogP contribution in [0.4, 0.5) is 4.39 Å². The first-order valence-electron chi connectivity index (χ1n) is 8.86. The van der Waals surface area contributed by atoms with Gasteiger partial charge in [0.1, 0.15) is 11.5 Å². The van der Waals surface area contributed by atoms with Crippen molar-refractivity contribution in [3.63, 3.8) is 0 Å². The number of hydrogen-bond acceptors (Lipinski definition) is 3. The summed E-state index contributed by atoms with van der Waals surface area (Å²) in [5.41, 5.74) is 2.79. The Hall–Kier alpha value is -2.87. The van der Waals surface area contributed by atoms with E-state index in [4.69, 9.17) is 4.74 Å². The summed E-state index contributed by atoms with van der Waals surface area (Å²) in [7, 11) is 0. The molecule has 132 valence electrons. The van der Waals surface area contributed by atoms with E-state index in [1.165, 1.54) is 0 Å². The average Bonchev–Trinajstić information content (AvgIpc) is 2.71. The average molecular weight is 350 g/mol. The van der Waals surface area contributed by atoms with Crippen molar-refractivity contribution in [2.24, 2.45) is 5.92 Å². The Balaban J connectivity index is 1.68. The van der Waals surface area contributed by atoms with E-state index in [1.807, 2.05) is 30.3 Å². The molecule has 2 aromatic carbocycles. The second-order valence-corrected chi connectivity index (χ2v) is 6.83. The first kappa shape index (κ1) is 16.6. The summed E-state index contributed by atoms with van der Waals surface area (Å²) in [6.45, 7) is 0.238. The molecule has 0 aliphatic carbocycles. The van der Waals surface area contributed by atoms with Crippen molar-refractivity contribution in [2.75, 3.05) is 19.8 Å². The van der Waals surface area contributed by atoms with Crippen LogP contribution in [0.15, 0.2) is 42.5 Å². The van der Waals surface area contributed by atoms with E-state index in [2.05, 4.69) is 12.1 Å². The van der Waals surface area contributed by atoms with Crippen LogP contribution in [0, 0.1) is 17.2 Å². The number of fused-ring (bicyclic) bond motifs is 2. The molecule has 2 heterocycles. The number of halogens is 1. The number of carbonyl (C=O) groups is 1. The van der Waals surface area contributed by atoms with Crippen molar-refractivity contribution >= 4 is 5.91 Å². The zero-order valence-electron chi connectivity index (χ0n) is 14.3. The van der Waals surface area contributed by atoms with Crippen LogP contribution in [0.2, 0.25) is 0 Å². The number of para-hydroxylation sites is 1. The predicted octanol–water partition coefficient (Wildman–Crippen LogP) is 4.00. The van der Waals surface area contributed by atoms with Gasteiger partial charge in [-0.05, 0) is 37.0 Å². The standard InChI is InChI=1S/C21H19FN2O2/c22-12-20(25)24-9-7-15(8-10-24)21-16-3-1-2-4-18(16)26-19-11-14(13-23)5-6-17(19)21/h1-6,11,15,21H,7-10,12H2. The zero-order valence-corrected chi connectivity index (χ0v) is 14.3. The van der Waals surface area contributed by atoms with Crippen LogP contribution in [0.1, 0.15) is 35.4 Å². The normalized spacial score (nSPS) is 19.1. The van der Waals surface area contributed by atoms with Gasteiger partial charge in [-0.3, -0.25) is 4.79 Å². The van der Waals surface area contributed by atoms with Crippen LogP contribution in [0.5, 0.6) is 11.5 Å². The Morgan fingerprint density at radius 3 is 2.62 bits per heavy atom. The summed E-state index contributed by atoms with van der Waals surface area (Å²) in [5.74, 6) is 1.63. The molecule has 1 fully saturated rings. The summed E-state index contributed by atoms with van der Waals surface area (Å²) in [6.07, 6.45) is 1.65. The predicted molar refractivity (Wildman–Crippen MR) is 94.8 cm³/mol. The van der Waals surface area contributed by atoms with Crippen LogP contribution in [-0.2, 0) is 4.79 Å². The number of benzene rings is 2. The van der Waals surface area contributed by atoms with Crippen molar-refractivity contribution in [2.45, 2.75) is 18.8 Å². The highest BCUT2D eigenvalue weighted by molar-refractivity contribution is 5.77. The number of rotatable bonds is 2. The largest absolute Gasteiger partial charge is 0.457 e. The second-order valence-electron chi connectivity index (χ2n) is 6.83. The van der Waals surface area contributed by atoms with Crippen LogP contribution in [-0.4, -0.2) is 30.6 Å². The van der Waals surface area contributed by atoms with Gasteiger partial charge in [0.2, 0.25) is 0 Å². The Morgan fingerprint density at radius 2 is 1.88 bits per heavy atom. The first-order chi connectivity index (χ1) is 12.7. The van der Waals surface area contributed by atoms with E-state index in [0.717, 1.165) is 35.5 Å². The Bertz CT molecular complexity index is 882. The van der Waals surface area contributed by atoms with Gasteiger partial charge >= 0.3 is 0 Å². The zero-order chi connectivity index (χ0) is 18.1. The van der Waals surface area contributed by atoms with Gasteiger partial charge < -0.3 is 9.64 Å². The topological polar surface area (TPSA) is 53.3 Å². The third kappa shape index (κ3) is 2.82. The first-order valence-corrected chi connectivity index (χ1v) is 8.86. The molecule has 4 rings (SSSR count). The highest BCUT2D eigenvalue weighted by Crippen LogP contribution is 2.49. The molecular formula is C21H19FN2O2. The Morgan fingerprint density at radius 1 is 1.15 bits per heavy atom. The number of likely N-dealkylation sites (tertiary alicyclic amines) is 1. The van der Waals surface area contributed by atoms with Crippen molar-refractivity contribution in [3.05, 3.63) is 59.2 Å². The summed E-state index contributed by atoms with van der Waals surface area (Å²) in [6, 6.07) is 15.7. The fraction of sp³-hybridized carbons (Fsp3) is 0.333. The second kappa shape index (κ2) is 6.80. The van der Waals surface area contributed by atoms with Gasteiger partial charge in [0.15, 0.2) is 6.67 Å². The Kier molecular flexibility index (Phi) is 4.34. The molecule has 0 aromatic heterocycles. The van der Waals surface area contributed by atoms with Gasteiger partial charge in [0.25, 0.3) is 5.91 Å². The maximum atomic E-state index is 12.7. The van der Waals surface area contributed by atoms with E-state index in [-0.39, 0.29) is 5.92 Å². The molecule has 0 N–H and O–H groups in total. The molecule has 0 spiro atoms. The van der Waals surface area contributed by atoms with Crippen molar-refractivity contribution in [1.82, 2.24) is 4.90 Å². The van der Waals surface area contributed by atoms with Gasteiger partial charge in [-0.2, -0.15) is 5.26 Å². The van der Waals surface area contributed by atoms with Crippen LogP contribution >= 0.6 is 0 Å². The molecular weight excluding hydrogens is 331 g/mol. The monoisotopic (exact) mass is 350 g/mol. The summed E-state index contributed by atoms with van der Waals surface area (Å²) >= 11 is 0. The third-order valence-electron chi connectivity index (χ3n) is 5.43. The van der Waals surface area contributed by atoms with Gasteiger partial charge in [-0.1, -0.05) is 24.3 Å². The SMILES string of the molecule is N#Cc1ccc2c(c1)Oc1ccccc1C2C1CCN(C(=O)CF)CC1. The molecule has 0 radical (unpaired) electrons. The molecule has 0 saturated carbocycles. The fourth-order valence-electron chi connectivity index (χ4n) is 4.14. The summed E-state index contributed by atoms with van der Waals surface area (Å²) in [5, 5.41) is 9.18. The van der Waals surface area contributed by atoms with Crippen LogP contribution < -0.4 is 4.74 Å². The van der Waals surface area contributed by atoms with E-state index < -0.39 is 12.6 Å². The lowest BCUT2D eigenvalue weighted by atomic mass is 9.74. The molecule has 1 unspecified atom stereocenters. The molecule has 2 aliphatic heterocycles. The van der Waals surface area contributed by atoms with Crippen molar-refractivity contribution in [1.29, 1.82) is 5.26 Å². The highest BCUT2D eigenvalue weighted by atomic mass is 19.1. The molecule has 5 heteroatoms. The van der Waals surface area contributed by atoms with Gasteiger partial charge in [-0.15, -0.1) is 0 Å². The fourth-order valence-corrected chi connectivity index (χ4v) is 4.14. The smallest absolute Gasteiger partial charge is 0.253 e. The molecule has 4 nitrogen and oxygen atoms in total. The quantitative estimate of drug-likeness (QED) is 0.822. The lowest BCUT2D eigenvalue weighted by Gasteiger charge is -2.39. The number of alkyl halides is 1. The Labute approximate surface area is 151 Å². The molecule has 2 aromatic rings. The lowest BCUT2D eigenvalue weighted by molar-refractivity contribution is -0.133. The minimum atomic E-state index is -0.926. The van der Waals surface area contributed by atoms with Crippen molar-refractivity contribution in [3.8, 4) is 17.6 Å². The summed E-state index contributed by atoms with van der Waals surface area (Å²) in [4.78, 5) is 13.2. The maximum Gasteiger partial charge on any atom is 0.253 e. The van der Waals surface area contributed by atoms with E-state index in [9.17, 15) is 14.4 Å². The molecule has 2 aliphatic rings. The minimum absolute atomic E-state index is 0.158. The lowest BCUT2D eigenvalue weighted by Crippen LogP contribution is -2.40. The van der Waals surface area contributed by atoms with Gasteiger partial charge in [0.05, 0.1) is 11.6 Å². The molecule has 26 heavy (non-hydrogen) atoms. The molecule has 1 amide bonds. The van der Waals surface area contributed by atoms with E-state index in [0.29, 0.717) is 24.6 Å². The number of ether oxygens (including phenoxy) is 1. The van der Waals surface area contributed by atoms with E-state index >= 15 is 0 Å². The number of nitrogens with zero attached hydrogens (tertiary/aromatic N) is 2. The minimum Gasteiger partial charge on any atom is -0.457 e. The molecule has 1 saturated heterocycles. The maximum absolute atomic E-state index is 12.7. The highest BCUT2D eigenvalue weighted by Gasteiger charge is 2.35. The van der Waals surface area contributed by atoms with Gasteiger partial charge in [0, 0.05) is 30.1 Å². The van der Waals surface area contributed by atoms with Crippen LogP contribution in [0.3, 0.4) is 0 Å². The third-order valence-corrected chi connectivity index (χ3v) is 5.43. The number of hydrogen-bond donors (Lipinski definition) is 0. The number of carbonyl (C=O) groups excluding carboxylic acids is 1. The van der Waals surface area contributed by atoms with Crippen LogP contribution in [0.25, 0.3) is 0 Å². The van der Waals surface area contributed by atoms with E-state index in [1.54, 1.807) is 11.0 Å². The van der Waals surface area contributed by atoms with Crippen molar-refractivity contribution < 1.29 is 13.9 Å². The van der Waals surface area contributed by atoms with Gasteiger partial charge in [-0.25, -0.2) is 4.39 Å². The number of nitriles is 1. The molecule has 1 atom stereocenters. The molecule has 0 bridgehead atoms.